The van der Waals surface area contributed by atoms with Crippen LogP contribution in [0, 0.1) is 0 Å². The second kappa shape index (κ2) is 10.9. The lowest BCUT2D eigenvalue weighted by atomic mass is 9.82. The molecule has 38 heavy (non-hydrogen) atoms. The highest BCUT2D eigenvalue weighted by molar-refractivity contribution is 7.47. The molecule has 0 N–H and O–H groups in total. The molecule has 0 aliphatic carbocycles. The van der Waals surface area contributed by atoms with Gasteiger partial charge < -0.3 is 13.8 Å². The van der Waals surface area contributed by atoms with Gasteiger partial charge in [-0.15, -0.1) is 0 Å². The molecule has 5 aromatic carbocycles. The topological polar surface area (TPSA) is 27.7 Å². The van der Waals surface area contributed by atoms with Crippen molar-refractivity contribution in [2.45, 2.75) is 18.6 Å². The Morgan fingerprint density at radius 3 is 1.53 bits per heavy atom. The van der Waals surface area contributed by atoms with E-state index >= 15 is 0 Å². The molecule has 1 heterocycles. The maximum absolute atomic E-state index is 7.06. The Morgan fingerprint density at radius 1 is 0.605 bits per heavy atom. The monoisotopic (exact) mass is 516 g/mol. The van der Waals surface area contributed by atoms with Crippen molar-refractivity contribution in [2.75, 3.05) is 6.35 Å². The molecule has 0 saturated carbocycles. The third-order valence-electron chi connectivity index (χ3n) is 7.03. The van der Waals surface area contributed by atoms with Crippen LogP contribution in [-0.2, 0) is 14.9 Å². The first kappa shape index (κ1) is 24.6. The van der Waals surface area contributed by atoms with Crippen LogP contribution in [-0.4, -0.2) is 12.5 Å². The summed E-state index contributed by atoms with van der Waals surface area (Å²) in [6.07, 6.45) is 0.183. The zero-order valence-corrected chi connectivity index (χ0v) is 22.1. The highest BCUT2D eigenvalue weighted by Gasteiger charge is 2.48. The Labute approximate surface area is 225 Å². The van der Waals surface area contributed by atoms with Gasteiger partial charge in [0.2, 0.25) is 0 Å². The first-order chi connectivity index (χ1) is 18.8. The molecule has 0 bridgehead atoms. The average Bonchev–Trinajstić information content (AvgIpc) is 3.00. The van der Waals surface area contributed by atoms with Gasteiger partial charge in [-0.05, 0) is 29.2 Å². The Bertz CT molecular complexity index is 1380. The maximum Gasteiger partial charge on any atom is 0.259 e. The summed E-state index contributed by atoms with van der Waals surface area (Å²) in [7, 11) is -1.45. The number of rotatable bonds is 6. The largest absolute Gasteiger partial charge is 0.444 e. The van der Waals surface area contributed by atoms with Gasteiger partial charge in [-0.2, -0.15) is 0 Å². The zero-order valence-electron chi connectivity index (χ0n) is 21.2. The first-order valence-electron chi connectivity index (χ1n) is 12.9. The molecule has 5 aromatic rings. The van der Waals surface area contributed by atoms with Crippen LogP contribution in [0.25, 0.3) is 22.3 Å². The van der Waals surface area contributed by atoms with Gasteiger partial charge in [0.15, 0.2) is 5.60 Å². The lowest BCUT2D eigenvalue weighted by molar-refractivity contribution is -0.0802. The molecular formula is C34H29O3P. The predicted molar refractivity (Wildman–Crippen MR) is 155 cm³/mol. The summed E-state index contributed by atoms with van der Waals surface area (Å²) in [5.41, 5.74) is 5.56. The standard InChI is InChI=1S/C34H29O3P/c1-26-34(29-19-10-4-11-20-29,30-21-12-5-13-22-30)37-38(25-35-26)36-33-31(27-15-6-2-7-16-27)23-14-24-32(33)28-17-8-3-9-18-28/h2-24,26H,25H2,1H3. The Morgan fingerprint density at radius 2 is 1.05 bits per heavy atom. The molecule has 1 fully saturated rings. The highest BCUT2D eigenvalue weighted by Crippen LogP contribution is 2.57. The summed E-state index contributed by atoms with van der Waals surface area (Å²) in [6, 6.07) is 47.7. The molecule has 6 rings (SSSR count). The Kier molecular flexibility index (Phi) is 7.07. The van der Waals surface area contributed by atoms with Crippen molar-refractivity contribution in [3.05, 3.63) is 151 Å². The van der Waals surface area contributed by atoms with Crippen molar-refractivity contribution in [1.29, 1.82) is 0 Å². The van der Waals surface area contributed by atoms with E-state index in [2.05, 4.69) is 97.9 Å². The van der Waals surface area contributed by atoms with E-state index in [1.165, 1.54) is 0 Å². The Hall–Kier alpha value is -3.75. The van der Waals surface area contributed by atoms with Crippen LogP contribution < -0.4 is 4.52 Å². The van der Waals surface area contributed by atoms with E-state index in [0.717, 1.165) is 39.1 Å². The molecule has 0 amide bonds. The fraction of sp³-hybridized carbons (Fsp3) is 0.118. The van der Waals surface area contributed by atoms with E-state index in [0.29, 0.717) is 6.35 Å². The van der Waals surface area contributed by atoms with Crippen molar-refractivity contribution in [3.8, 4) is 28.0 Å². The molecule has 2 atom stereocenters. The van der Waals surface area contributed by atoms with Crippen molar-refractivity contribution < 1.29 is 13.8 Å². The second-order valence-electron chi connectivity index (χ2n) is 9.34. The minimum atomic E-state index is -1.45. The summed E-state index contributed by atoms with van der Waals surface area (Å²) in [5.74, 6) is 0.809. The van der Waals surface area contributed by atoms with Crippen molar-refractivity contribution in [2.24, 2.45) is 0 Å². The van der Waals surface area contributed by atoms with E-state index in [1.807, 2.05) is 48.5 Å². The maximum atomic E-state index is 7.06. The minimum Gasteiger partial charge on any atom is -0.444 e. The lowest BCUT2D eigenvalue weighted by Gasteiger charge is -2.45. The van der Waals surface area contributed by atoms with Gasteiger partial charge in [0.25, 0.3) is 8.38 Å². The summed E-state index contributed by atoms with van der Waals surface area (Å²) in [5, 5.41) is 0. The molecule has 1 saturated heterocycles. The van der Waals surface area contributed by atoms with Gasteiger partial charge in [0.05, 0.1) is 6.10 Å². The third-order valence-corrected chi connectivity index (χ3v) is 8.27. The molecule has 0 radical (unpaired) electrons. The molecule has 0 aromatic heterocycles. The third kappa shape index (κ3) is 4.66. The van der Waals surface area contributed by atoms with Gasteiger partial charge in [-0.25, -0.2) is 0 Å². The zero-order chi connectivity index (χ0) is 25.8. The first-order valence-corrected chi connectivity index (χ1v) is 14.2. The average molecular weight is 517 g/mol. The van der Waals surface area contributed by atoms with Crippen LogP contribution in [0.3, 0.4) is 0 Å². The van der Waals surface area contributed by atoms with Crippen molar-refractivity contribution in [3.63, 3.8) is 0 Å². The summed E-state index contributed by atoms with van der Waals surface area (Å²) in [6.45, 7) is 2.08. The molecule has 0 spiro atoms. The van der Waals surface area contributed by atoms with Crippen molar-refractivity contribution in [1.82, 2.24) is 0 Å². The number of hydrogen-bond acceptors (Lipinski definition) is 3. The molecule has 3 nitrogen and oxygen atoms in total. The van der Waals surface area contributed by atoms with Gasteiger partial charge in [0.1, 0.15) is 12.1 Å². The van der Waals surface area contributed by atoms with E-state index in [-0.39, 0.29) is 6.10 Å². The van der Waals surface area contributed by atoms with E-state index < -0.39 is 14.0 Å². The quantitative estimate of drug-likeness (QED) is 0.211. The van der Waals surface area contributed by atoms with Gasteiger partial charge in [0, 0.05) is 11.1 Å². The number of benzene rings is 5. The smallest absolute Gasteiger partial charge is 0.259 e. The molecule has 188 valence electrons. The van der Waals surface area contributed by atoms with Gasteiger partial charge >= 0.3 is 0 Å². The van der Waals surface area contributed by atoms with Crippen LogP contribution >= 0.6 is 8.38 Å². The van der Waals surface area contributed by atoms with E-state index in [1.54, 1.807) is 0 Å². The minimum absolute atomic E-state index is 0.201. The predicted octanol–water partition coefficient (Wildman–Crippen LogP) is 9.05. The highest BCUT2D eigenvalue weighted by atomic mass is 31.2. The fourth-order valence-electron chi connectivity index (χ4n) is 5.14. The normalized spacial score (nSPS) is 18.6. The summed E-state index contributed by atoms with van der Waals surface area (Å²) < 4.78 is 20.4. The Balaban J connectivity index is 1.46. The van der Waals surface area contributed by atoms with Crippen LogP contribution in [0.2, 0.25) is 0 Å². The number of ether oxygens (including phenoxy) is 1. The summed E-state index contributed by atoms with van der Waals surface area (Å²) in [4.78, 5) is 0. The number of para-hydroxylation sites is 1. The van der Waals surface area contributed by atoms with Gasteiger partial charge in [-0.3, -0.25) is 0 Å². The summed E-state index contributed by atoms with van der Waals surface area (Å²) >= 11 is 0. The molecular weight excluding hydrogens is 487 g/mol. The molecule has 2 unspecified atom stereocenters. The SMILES string of the molecule is CC1OCP(Oc2c(-c3ccccc3)cccc2-c2ccccc2)OC1(c1ccccc1)c1ccccc1. The van der Waals surface area contributed by atoms with Crippen LogP contribution in [0.4, 0.5) is 0 Å². The molecule has 1 aliphatic rings. The second-order valence-corrected chi connectivity index (χ2v) is 10.6. The van der Waals surface area contributed by atoms with Crippen molar-refractivity contribution >= 4 is 8.38 Å². The van der Waals surface area contributed by atoms with Crippen LogP contribution in [0.5, 0.6) is 5.75 Å². The molecule has 4 heteroatoms. The van der Waals surface area contributed by atoms with Gasteiger partial charge in [-0.1, -0.05) is 140 Å². The van der Waals surface area contributed by atoms with E-state index in [4.69, 9.17) is 13.8 Å². The van der Waals surface area contributed by atoms with Crippen LogP contribution in [0.15, 0.2) is 140 Å². The van der Waals surface area contributed by atoms with E-state index in [9.17, 15) is 0 Å². The lowest BCUT2D eigenvalue weighted by Crippen LogP contribution is -2.45. The van der Waals surface area contributed by atoms with Crippen LogP contribution in [0.1, 0.15) is 18.1 Å². The molecule has 1 aliphatic heterocycles. The number of hydrogen-bond donors (Lipinski definition) is 0. The fourth-order valence-corrected chi connectivity index (χ4v) is 6.71.